The van der Waals surface area contributed by atoms with Gasteiger partial charge in [0.2, 0.25) is 0 Å². The van der Waals surface area contributed by atoms with E-state index >= 15 is 0 Å². The van der Waals surface area contributed by atoms with Gasteiger partial charge in [-0.05, 0) is 89.3 Å². The summed E-state index contributed by atoms with van der Waals surface area (Å²) >= 11 is 0. The van der Waals surface area contributed by atoms with Gasteiger partial charge in [0.25, 0.3) is 0 Å². The fourth-order valence-corrected chi connectivity index (χ4v) is 9.61. The van der Waals surface area contributed by atoms with Gasteiger partial charge in [0.05, 0.1) is 5.41 Å². The second kappa shape index (κ2) is 12.3. The summed E-state index contributed by atoms with van der Waals surface area (Å²) in [7, 11) is 0. The molecule has 1 heterocycles. The van der Waals surface area contributed by atoms with Crippen molar-refractivity contribution in [3.05, 3.63) is 222 Å². The first-order valence-electron chi connectivity index (χ1n) is 19.5. The molecule has 2 aliphatic carbocycles. The SMILES string of the molecule is c1ccc2c(c1)-c1ccccc1C21c2ccccc2-c2cccc(-c3ccc(-c4nc(-c5ccc6ccccc6c5)nc(-c5ccc6ccccc6c5)n4)cc3)c21. The minimum absolute atomic E-state index is 0.425. The van der Waals surface area contributed by atoms with Crippen LogP contribution >= 0.6 is 0 Å². The first-order valence-corrected chi connectivity index (χ1v) is 19.5. The molecule has 0 unspecified atom stereocenters. The van der Waals surface area contributed by atoms with Crippen molar-refractivity contribution in [3.8, 4) is 67.5 Å². The predicted molar refractivity (Wildman–Crippen MR) is 233 cm³/mol. The summed E-state index contributed by atoms with van der Waals surface area (Å²) in [6, 6.07) is 72.2. The molecule has 9 aromatic carbocycles. The zero-order chi connectivity index (χ0) is 37.5. The maximum absolute atomic E-state index is 5.14. The maximum Gasteiger partial charge on any atom is 0.164 e. The van der Waals surface area contributed by atoms with Gasteiger partial charge in [0.15, 0.2) is 17.5 Å². The highest BCUT2D eigenvalue weighted by Gasteiger charge is 2.52. The van der Waals surface area contributed by atoms with Gasteiger partial charge >= 0.3 is 0 Å². The lowest BCUT2D eigenvalue weighted by molar-refractivity contribution is 0.796. The minimum atomic E-state index is -0.425. The number of hydrogen-bond donors (Lipinski definition) is 0. The quantitative estimate of drug-likeness (QED) is 0.181. The molecule has 10 aromatic rings. The summed E-state index contributed by atoms with van der Waals surface area (Å²) < 4.78 is 0. The standard InChI is InChI=1S/C54H33N3/c1-3-14-38-32-40(30-24-34(38)12-1)52-55-51(56-53(57-52)41-31-25-35-13-2-4-15-39(35)33-41)37-28-26-36(27-29-37)42-19-11-20-46-45-18-7-10-23-49(45)54(50(42)46)47-21-8-5-16-43(47)44-17-6-9-22-48(44)54/h1-33H. The Balaban J connectivity index is 1.03. The lowest BCUT2D eigenvalue weighted by Crippen LogP contribution is -2.26. The van der Waals surface area contributed by atoms with Gasteiger partial charge in [-0.15, -0.1) is 0 Å². The normalized spacial score (nSPS) is 13.1. The van der Waals surface area contributed by atoms with Crippen LogP contribution in [0.4, 0.5) is 0 Å². The highest BCUT2D eigenvalue weighted by molar-refractivity contribution is 5.99. The molecule has 1 aromatic heterocycles. The molecule has 0 saturated heterocycles. The molecule has 264 valence electrons. The topological polar surface area (TPSA) is 38.7 Å². The molecular formula is C54H33N3. The maximum atomic E-state index is 5.14. The van der Waals surface area contributed by atoms with Crippen LogP contribution in [-0.4, -0.2) is 15.0 Å². The third-order valence-electron chi connectivity index (χ3n) is 12.1. The van der Waals surface area contributed by atoms with Gasteiger partial charge in [-0.1, -0.05) is 188 Å². The van der Waals surface area contributed by atoms with Crippen LogP contribution in [0.15, 0.2) is 200 Å². The fourth-order valence-electron chi connectivity index (χ4n) is 9.61. The molecule has 0 radical (unpaired) electrons. The molecule has 57 heavy (non-hydrogen) atoms. The van der Waals surface area contributed by atoms with Gasteiger partial charge in [0, 0.05) is 16.7 Å². The van der Waals surface area contributed by atoms with Crippen LogP contribution in [0.1, 0.15) is 22.3 Å². The van der Waals surface area contributed by atoms with Crippen LogP contribution in [0, 0.1) is 0 Å². The van der Waals surface area contributed by atoms with Crippen molar-refractivity contribution in [3.63, 3.8) is 0 Å². The smallest absolute Gasteiger partial charge is 0.164 e. The van der Waals surface area contributed by atoms with Crippen LogP contribution in [0.25, 0.3) is 89.1 Å². The Kier molecular flexibility index (Phi) is 6.84. The number of benzene rings is 9. The van der Waals surface area contributed by atoms with Crippen molar-refractivity contribution >= 4 is 21.5 Å². The molecule has 0 saturated carbocycles. The van der Waals surface area contributed by atoms with E-state index in [-0.39, 0.29) is 0 Å². The summed E-state index contributed by atoms with van der Waals surface area (Å²) in [5.41, 5.74) is 15.4. The van der Waals surface area contributed by atoms with Crippen molar-refractivity contribution < 1.29 is 0 Å². The van der Waals surface area contributed by atoms with Crippen molar-refractivity contribution in [2.24, 2.45) is 0 Å². The minimum Gasteiger partial charge on any atom is -0.208 e. The van der Waals surface area contributed by atoms with Crippen LogP contribution in [0.5, 0.6) is 0 Å². The van der Waals surface area contributed by atoms with E-state index in [4.69, 9.17) is 15.0 Å². The molecule has 2 aliphatic rings. The molecule has 0 fully saturated rings. The number of aromatic nitrogens is 3. The Morgan fingerprint density at radius 3 is 1.16 bits per heavy atom. The van der Waals surface area contributed by atoms with E-state index in [1.807, 2.05) is 0 Å². The van der Waals surface area contributed by atoms with E-state index in [1.165, 1.54) is 60.8 Å². The highest BCUT2D eigenvalue weighted by atomic mass is 15.0. The third kappa shape index (κ3) is 4.69. The second-order valence-corrected chi connectivity index (χ2v) is 15.1. The fraction of sp³-hybridized carbons (Fsp3) is 0.0185. The molecule has 12 rings (SSSR count). The third-order valence-corrected chi connectivity index (χ3v) is 12.1. The van der Waals surface area contributed by atoms with E-state index < -0.39 is 5.41 Å². The largest absolute Gasteiger partial charge is 0.208 e. The molecular weight excluding hydrogens is 691 g/mol. The Morgan fingerprint density at radius 2 is 0.632 bits per heavy atom. The zero-order valence-corrected chi connectivity index (χ0v) is 30.9. The van der Waals surface area contributed by atoms with Crippen LogP contribution in [0.2, 0.25) is 0 Å². The van der Waals surface area contributed by atoms with Gasteiger partial charge in [-0.25, -0.2) is 15.0 Å². The van der Waals surface area contributed by atoms with Crippen molar-refractivity contribution in [1.29, 1.82) is 0 Å². The summed E-state index contributed by atoms with van der Waals surface area (Å²) in [6.45, 7) is 0. The van der Waals surface area contributed by atoms with Crippen LogP contribution < -0.4 is 0 Å². The van der Waals surface area contributed by atoms with Crippen LogP contribution in [0.3, 0.4) is 0 Å². The molecule has 0 aliphatic heterocycles. The summed E-state index contributed by atoms with van der Waals surface area (Å²) in [6.07, 6.45) is 0. The molecule has 1 spiro atoms. The Hall–Kier alpha value is -7.49. The predicted octanol–water partition coefficient (Wildman–Crippen LogP) is 13.2. The average molecular weight is 724 g/mol. The molecule has 3 heteroatoms. The number of rotatable bonds is 4. The number of hydrogen-bond acceptors (Lipinski definition) is 3. The molecule has 3 nitrogen and oxygen atoms in total. The van der Waals surface area contributed by atoms with Crippen LogP contribution in [-0.2, 0) is 5.41 Å². The molecule has 0 bridgehead atoms. The van der Waals surface area contributed by atoms with Gasteiger partial charge in [0.1, 0.15) is 0 Å². The summed E-state index contributed by atoms with van der Waals surface area (Å²) in [5.74, 6) is 1.94. The van der Waals surface area contributed by atoms with Crippen molar-refractivity contribution in [2.75, 3.05) is 0 Å². The highest BCUT2D eigenvalue weighted by Crippen LogP contribution is 2.64. The lowest BCUT2D eigenvalue weighted by atomic mass is 9.68. The average Bonchev–Trinajstić information content (AvgIpc) is 3.76. The van der Waals surface area contributed by atoms with Gasteiger partial charge < -0.3 is 0 Å². The zero-order valence-electron chi connectivity index (χ0n) is 30.9. The lowest BCUT2D eigenvalue weighted by Gasteiger charge is -2.32. The Morgan fingerprint density at radius 1 is 0.263 bits per heavy atom. The van der Waals surface area contributed by atoms with Gasteiger partial charge in [-0.3, -0.25) is 0 Å². The van der Waals surface area contributed by atoms with Crippen molar-refractivity contribution in [2.45, 2.75) is 5.41 Å². The van der Waals surface area contributed by atoms with E-state index in [1.54, 1.807) is 0 Å². The molecule has 0 atom stereocenters. The van der Waals surface area contributed by atoms with E-state index in [0.717, 1.165) is 33.0 Å². The molecule has 0 amide bonds. The van der Waals surface area contributed by atoms with E-state index in [0.29, 0.717) is 17.5 Å². The van der Waals surface area contributed by atoms with E-state index in [2.05, 4.69) is 200 Å². The Labute approximate surface area is 330 Å². The summed E-state index contributed by atoms with van der Waals surface area (Å²) in [5, 5.41) is 4.67. The first kappa shape index (κ1) is 31.8. The second-order valence-electron chi connectivity index (χ2n) is 15.1. The van der Waals surface area contributed by atoms with E-state index in [9.17, 15) is 0 Å². The first-order chi connectivity index (χ1) is 28.2. The summed E-state index contributed by atoms with van der Waals surface area (Å²) in [4.78, 5) is 15.4. The Bertz CT molecular complexity index is 3090. The monoisotopic (exact) mass is 723 g/mol. The number of fused-ring (bicyclic) bond motifs is 12. The number of nitrogens with zero attached hydrogens (tertiary/aromatic N) is 3. The van der Waals surface area contributed by atoms with Gasteiger partial charge in [-0.2, -0.15) is 0 Å². The van der Waals surface area contributed by atoms with Crippen molar-refractivity contribution in [1.82, 2.24) is 15.0 Å². The molecule has 0 N–H and O–H groups in total.